The van der Waals surface area contributed by atoms with Crippen LogP contribution in [0, 0.1) is 0 Å². The van der Waals surface area contributed by atoms with Crippen molar-refractivity contribution in [2.75, 3.05) is 5.73 Å². The average Bonchev–Trinajstić information content (AvgIpc) is 2.17. The number of carboxylic acids is 1. The number of carbonyl (C=O) groups is 3. The maximum Gasteiger partial charge on any atom is 0.336 e. The molecule has 0 spiro atoms. The summed E-state index contributed by atoms with van der Waals surface area (Å²) in [7, 11) is 0. The third kappa shape index (κ3) is 2.11. The van der Waals surface area contributed by atoms with Gasteiger partial charge in [0.1, 0.15) is 0 Å². The molecular formula is C9H8N2O4. The Morgan fingerprint density at radius 1 is 1.40 bits per heavy atom. The predicted molar refractivity (Wildman–Crippen MR) is 51.3 cm³/mol. The van der Waals surface area contributed by atoms with Crippen molar-refractivity contribution >= 4 is 24.0 Å². The topological polar surface area (TPSA) is 109 Å². The van der Waals surface area contributed by atoms with Crippen molar-refractivity contribution in [1.82, 2.24) is 5.32 Å². The number of nitrogens with one attached hydrogen (secondary N) is 1. The van der Waals surface area contributed by atoms with E-state index < -0.39 is 11.9 Å². The van der Waals surface area contributed by atoms with Crippen LogP contribution in [0.15, 0.2) is 18.2 Å². The smallest absolute Gasteiger partial charge is 0.336 e. The molecule has 1 aromatic rings. The van der Waals surface area contributed by atoms with E-state index in [4.69, 9.17) is 10.8 Å². The number of carboxylic acid groups (broad SMARTS) is 1. The summed E-state index contributed by atoms with van der Waals surface area (Å²) in [5.41, 5.74) is 5.01. The first-order valence-electron chi connectivity index (χ1n) is 3.94. The summed E-state index contributed by atoms with van der Waals surface area (Å²) in [6.45, 7) is 0. The van der Waals surface area contributed by atoms with E-state index in [1.54, 1.807) is 0 Å². The predicted octanol–water partition coefficient (Wildman–Crippen LogP) is -0.147. The first-order valence-corrected chi connectivity index (χ1v) is 3.94. The molecule has 0 bridgehead atoms. The molecule has 0 radical (unpaired) electrons. The summed E-state index contributed by atoms with van der Waals surface area (Å²) in [4.78, 5) is 32.1. The molecule has 2 amide bonds. The molecule has 0 aromatic heterocycles. The highest BCUT2D eigenvalue weighted by Crippen LogP contribution is 2.16. The van der Waals surface area contributed by atoms with Crippen LogP contribution in [0.25, 0.3) is 0 Å². The summed E-state index contributed by atoms with van der Waals surface area (Å²) in [5, 5.41) is 10.6. The number of nitrogen functional groups attached to an aromatic ring is 1. The highest BCUT2D eigenvalue weighted by molar-refractivity contribution is 6.10. The fourth-order valence-electron chi connectivity index (χ4n) is 1.13. The molecular weight excluding hydrogens is 200 g/mol. The first kappa shape index (κ1) is 10.7. The number of hydrogen-bond donors (Lipinski definition) is 3. The van der Waals surface area contributed by atoms with Crippen molar-refractivity contribution < 1.29 is 19.5 Å². The van der Waals surface area contributed by atoms with Crippen LogP contribution in [0.3, 0.4) is 0 Å². The summed E-state index contributed by atoms with van der Waals surface area (Å²) in [6.07, 6.45) is 0.167. The SMILES string of the molecule is Nc1cccc(C(=O)O)c1C(=O)NC=O. The maximum atomic E-state index is 11.3. The Morgan fingerprint density at radius 2 is 2.07 bits per heavy atom. The number of carbonyl (C=O) groups excluding carboxylic acids is 2. The van der Waals surface area contributed by atoms with Crippen LogP contribution >= 0.6 is 0 Å². The monoisotopic (exact) mass is 208 g/mol. The minimum absolute atomic E-state index is 0.00856. The summed E-state index contributed by atoms with van der Waals surface area (Å²) >= 11 is 0. The number of nitrogens with two attached hydrogens (primary N) is 1. The molecule has 0 saturated carbocycles. The molecule has 0 aliphatic rings. The Hall–Kier alpha value is -2.37. The van der Waals surface area contributed by atoms with Gasteiger partial charge in [-0.25, -0.2) is 4.79 Å². The van der Waals surface area contributed by atoms with Gasteiger partial charge in [0.05, 0.1) is 11.1 Å². The van der Waals surface area contributed by atoms with Crippen LogP contribution in [-0.4, -0.2) is 23.4 Å². The van der Waals surface area contributed by atoms with Crippen molar-refractivity contribution in [1.29, 1.82) is 0 Å². The lowest BCUT2D eigenvalue weighted by Crippen LogP contribution is -2.25. The van der Waals surface area contributed by atoms with Crippen molar-refractivity contribution in [3.63, 3.8) is 0 Å². The highest BCUT2D eigenvalue weighted by Gasteiger charge is 2.18. The van der Waals surface area contributed by atoms with Crippen LogP contribution in [0.4, 0.5) is 5.69 Å². The van der Waals surface area contributed by atoms with Crippen molar-refractivity contribution in [2.24, 2.45) is 0 Å². The van der Waals surface area contributed by atoms with Crippen molar-refractivity contribution in [2.45, 2.75) is 0 Å². The number of aromatic carboxylic acids is 1. The van der Waals surface area contributed by atoms with Crippen LogP contribution in [0.1, 0.15) is 20.7 Å². The Kier molecular flexibility index (Phi) is 3.02. The second kappa shape index (κ2) is 4.23. The van der Waals surface area contributed by atoms with E-state index in [2.05, 4.69) is 0 Å². The van der Waals surface area contributed by atoms with Gasteiger partial charge in [-0.05, 0) is 12.1 Å². The van der Waals surface area contributed by atoms with Gasteiger partial charge in [0.15, 0.2) is 0 Å². The third-order valence-corrected chi connectivity index (χ3v) is 1.74. The Morgan fingerprint density at radius 3 is 2.60 bits per heavy atom. The second-order valence-corrected chi connectivity index (χ2v) is 2.67. The zero-order valence-electron chi connectivity index (χ0n) is 7.56. The van der Waals surface area contributed by atoms with E-state index in [-0.39, 0.29) is 23.2 Å². The molecule has 0 fully saturated rings. The molecule has 0 atom stereocenters. The van der Waals surface area contributed by atoms with Crippen molar-refractivity contribution in [3.8, 4) is 0 Å². The van der Waals surface area contributed by atoms with E-state index in [1.165, 1.54) is 18.2 Å². The van der Waals surface area contributed by atoms with Gasteiger partial charge in [0.25, 0.3) is 5.91 Å². The Balaban J connectivity index is 3.30. The number of amides is 2. The largest absolute Gasteiger partial charge is 0.478 e. The lowest BCUT2D eigenvalue weighted by molar-refractivity contribution is -0.108. The minimum Gasteiger partial charge on any atom is -0.478 e. The lowest BCUT2D eigenvalue weighted by Gasteiger charge is -2.06. The fourth-order valence-corrected chi connectivity index (χ4v) is 1.13. The van der Waals surface area contributed by atoms with Gasteiger partial charge in [-0.1, -0.05) is 6.07 Å². The molecule has 0 aliphatic heterocycles. The number of anilines is 1. The van der Waals surface area contributed by atoms with E-state index in [9.17, 15) is 14.4 Å². The highest BCUT2D eigenvalue weighted by atomic mass is 16.4. The number of benzene rings is 1. The Bertz CT molecular complexity index is 428. The van der Waals surface area contributed by atoms with Crippen LogP contribution in [0.5, 0.6) is 0 Å². The normalized spacial score (nSPS) is 9.33. The molecule has 15 heavy (non-hydrogen) atoms. The first-order chi connectivity index (χ1) is 7.07. The van der Waals surface area contributed by atoms with Crippen LogP contribution in [0.2, 0.25) is 0 Å². The number of rotatable bonds is 3. The Labute approximate surface area is 84.7 Å². The molecule has 6 heteroatoms. The molecule has 4 N–H and O–H groups in total. The molecule has 0 heterocycles. The third-order valence-electron chi connectivity index (χ3n) is 1.74. The molecule has 0 unspecified atom stereocenters. The zero-order chi connectivity index (χ0) is 11.4. The molecule has 0 aliphatic carbocycles. The molecule has 6 nitrogen and oxygen atoms in total. The molecule has 0 saturated heterocycles. The quantitative estimate of drug-likeness (QED) is 0.472. The fraction of sp³-hybridized carbons (Fsp3) is 0. The van der Waals surface area contributed by atoms with E-state index in [0.29, 0.717) is 0 Å². The maximum absolute atomic E-state index is 11.3. The standard InChI is InChI=1S/C9H8N2O4/c10-6-3-1-2-5(9(14)15)7(6)8(13)11-4-12/h1-4H,10H2,(H,14,15)(H,11,12,13). The van der Waals surface area contributed by atoms with Gasteiger partial charge in [-0.2, -0.15) is 0 Å². The van der Waals surface area contributed by atoms with Gasteiger partial charge in [0, 0.05) is 5.69 Å². The van der Waals surface area contributed by atoms with Gasteiger partial charge < -0.3 is 10.8 Å². The average molecular weight is 208 g/mol. The molecule has 78 valence electrons. The van der Waals surface area contributed by atoms with Gasteiger partial charge in [0.2, 0.25) is 6.41 Å². The summed E-state index contributed by atoms with van der Waals surface area (Å²) in [6, 6.07) is 4.03. The van der Waals surface area contributed by atoms with Crippen LogP contribution in [-0.2, 0) is 4.79 Å². The zero-order valence-corrected chi connectivity index (χ0v) is 7.56. The summed E-state index contributed by atoms with van der Waals surface area (Å²) in [5.74, 6) is -2.11. The van der Waals surface area contributed by atoms with Gasteiger partial charge >= 0.3 is 5.97 Å². The minimum atomic E-state index is -1.28. The van der Waals surface area contributed by atoms with E-state index in [0.717, 1.165) is 0 Å². The lowest BCUT2D eigenvalue weighted by atomic mass is 10.1. The molecule has 1 aromatic carbocycles. The van der Waals surface area contributed by atoms with E-state index >= 15 is 0 Å². The number of hydrogen-bond acceptors (Lipinski definition) is 4. The van der Waals surface area contributed by atoms with Gasteiger partial charge in [-0.15, -0.1) is 0 Å². The molecule has 1 rings (SSSR count). The van der Waals surface area contributed by atoms with Crippen molar-refractivity contribution in [3.05, 3.63) is 29.3 Å². The number of imide groups is 1. The van der Waals surface area contributed by atoms with Gasteiger partial charge in [-0.3, -0.25) is 14.9 Å². The second-order valence-electron chi connectivity index (χ2n) is 2.67. The summed E-state index contributed by atoms with van der Waals surface area (Å²) < 4.78 is 0. The van der Waals surface area contributed by atoms with E-state index in [1.807, 2.05) is 5.32 Å². The van der Waals surface area contributed by atoms with Crippen LogP contribution < -0.4 is 11.1 Å².